The summed E-state index contributed by atoms with van der Waals surface area (Å²) >= 11 is 5.98. The normalized spacial score (nSPS) is 11.5. The summed E-state index contributed by atoms with van der Waals surface area (Å²) in [6.45, 7) is 0.259. The molecule has 0 atom stereocenters. The lowest BCUT2D eigenvalue weighted by molar-refractivity contribution is 0.355. The summed E-state index contributed by atoms with van der Waals surface area (Å²) in [5.74, 6) is 0.101. The zero-order valence-corrected chi connectivity index (χ0v) is 19.3. The zero-order chi connectivity index (χ0) is 23.8. The largest absolute Gasteiger partial charge is 0.493 e. The van der Waals surface area contributed by atoms with E-state index in [4.69, 9.17) is 21.1 Å². The van der Waals surface area contributed by atoms with E-state index in [1.165, 1.54) is 26.5 Å². The molecule has 0 saturated carbocycles. The van der Waals surface area contributed by atoms with Gasteiger partial charge >= 0.3 is 0 Å². The van der Waals surface area contributed by atoms with E-state index in [2.05, 4.69) is 0 Å². The third-order valence-electron chi connectivity index (χ3n) is 5.23. The first-order valence-electron chi connectivity index (χ1n) is 9.79. The van der Waals surface area contributed by atoms with Crippen LogP contribution in [0.4, 0.5) is 4.39 Å². The Morgan fingerprint density at radius 2 is 1.55 bits per heavy atom. The number of aromatic nitrogens is 1. The third-order valence-corrected chi connectivity index (χ3v) is 7.25. The summed E-state index contributed by atoms with van der Waals surface area (Å²) in [7, 11) is -1.33. The Morgan fingerprint density at radius 1 is 0.939 bits per heavy atom. The van der Waals surface area contributed by atoms with Crippen LogP contribution in [0.5, 0.6) is 11.5 Å². The monoisotopic (exact) mass is 487 g/mol. The molecule has 0 bridgehead atoms. The van der Waals surface area contributed by atoms with Gasteiger partial charge in [0.1, 0.15) is 10.7 Å². The van der Waals surface area contributed by atoms with Crippen molar-refractivity contribution in [3.05, 3.63) is 93.5 Å². The minimum atomic E-state index is -4.23. The summed E-state index contributed by atoms with van der Waals surface area (Å²) in [5, 5.41) is 0.708. The Balaban J connectivity index is 2.01. The Hall–Kier alpha value is -3.36. The number of hydrogen-bond acceptors (Lipinski definition) is 5. The smallest absolute Gasteiger partial charge is 0.211 e. The number of benzene rings is 3. The number of pyridine rings is 1. The molecular weight excluding hydrogens is 469 g/mol. The van der Waals surface area contributed by atoms with Crippen molar-refractivity contribution in [2.45, 2.75) is 16.3 Å². The van der Waals surface area contributed by atoms with Crippen molar-refractivity contribution in [2.24, 2.45) is 0 Å². The van der Waals surface area contributed by atoms with Gasteiger partial charge in [0.15, 0.2) is 11.5 Å². The van der Waals surface area contributed by atoms with Crippen LogP contribution in [-0.2, 0) is 16.4 Å². The van der Waals surface area contributed by atoms with Gasteiger partial charge < -0.3 is 14.0 Å². The molecule has 4 aromatic rings. The van der Waals surface area contributed by atoms with E-state index >= 15 is 0 Å². The lowest BCUT2D eigenvalue weighted by Crippen LogP contribution is -2.20. The maximum absolute atomic E-state index is 13.4. The molecule has 33 heavy (non-hydrogen) atoms. The van der Waals surface area contributed by atoms with Crippen molar-refractivity contribution in [1.29, 1.82) is 0 Å². The van der Waals surface area contributed by atoms with E-state index in [0.29, 0.717) is 16.3 Å². The predicted octanol–water partition coefficient (Wildman–Crippen LogP) is 4.69. The van der Waals surface area contributed by atoms with Gasteiger partial charge in [0, 0.05) is 23.8 Å². The maximum Gasteiger partial charge on any atom is 0.211 e. The number of fused-ring (bicyclic) bond motifs is 1. The quantitative estimate of drug-likeness (QED) is 0.369. The van der Waals surface area contributed by atoms with Crippen LogP contribution in [0.2, 0.25) is 5.02 Å². The second-order valence-electron chi connectivity index (χ2n) is 7.26. The van der Waals surface area contributed by atoms with Gasteiger partial charge in [-0.3, -0.25) is 4.79 Å². The van der Waals surface area contributed by atoms with Crippen molar-refractivity contribution in [3.8, 4) is 11.5 Å². The van der Waals surface area contributed by atoms with Crippen LogP contribution in [0.1, 0.15) is 5.56 Å². The Kier molecular flexibility index (Phi) is 6.14. The molecule has 1 aromatic heterocycles. The highest BCUT2D eigenvalue weighted by Gasteiger charge is 2.25. The lowest BCUT2D eigenvalue weighted by atomic mass is 10.1. The van der Waals surface area contributed by atoms with Crippen LogP contribution in [0.15, 0.2) is 81.4 Å². The van der Waals surface area contributed by atoms with Crippen molar-refractivity contribution in [1.82, 2.24) is 4.57 Å². The van der Waals surface area contributed by atoms with E-state index in [0.717, 1.165) is 29.8 Å². The molecule has 6 nitrogen and oxygen atoms in total. The average Bonchev–Trinajstić information content (AvgIpc) is 2.81. The molecule has 0 unspecified atom stereocenters. The van der Waals surface area contributed by atoms with Crippen LogP contribution in [0, 0.1) is 5.82 Å². The van der Waals surface area contributed by atoms with Gasteiger partial charge in [0.05, 0.1) is 30.0 Å². The molecule has 0 aliphatic rings. The molecule has 0 amide bonds. The number of halogens is 2. The zero-order valence-electron chi connectivity index (χ0n) is 17.7. The fraction of sp³-hybridized carbons (Fsp3) is 0.125. The van der Waals surface area contributed by atoms with Gasteiger partial charge in [-0.05, 0) is 48.0 Å². The van der Waals surface area contributed by atoms with Gasteiger partial charge in [-0.2, -0.15) is 0 Å². The Labute approximate surface area is 194 Å². The number of methoxy groups -OCH3 is 2. The molecule has 0 aliphatic carbocycles. The molecule has 1 heterocycles. The second-order valence-corrected chi connectivity index (χ2v) is 9.61. The minimum Gasteiger partial charge on any atom is -0.493 e. The summed E-state index contributed by atoms with van der Waals surface area (Å²) < 4.78 is 52.4. The van der Waals surface area contributed by atoms with Crippen LogP contribution < -0.4 is 14.9 Å². The van der Waals surface area contributed by atoms with Crippen molar-refractivity contribution in [3.63, 3.8) is 0 Å². The second kappa shape index (κ2) is 8.88. The van der Waals surface area contributed by atoms with E-state index in [9.17, 15) is 17.6 Å². The molecule has 0 aliphatic heterocycles. The number of hydrogen-bond donors (Lipinski definition) is 0. The van der Waals surface area contributed by atoms with Crippen LogP contribution in [-0.4, -0.2) is 27.2 Å². The summed E-state index contributed by atoms with van der Waals surface area (Å²) in [5.41, 5.74) is 0.609. The molecule has 0 radical (unpaired) electrons. The Morgan fingerprint density at radius 3 is 2.15 bits per heavy atom. The first kappa shape index (κ1) is 22.8. The van der Waals surface area contributed by atoms with Gasteiger partial charge in [0.25, 0.3) is 0 Å². The van der Waals surface area contributed by atoms with E-state index < -0.39 is 26.0 Å². The highest BCUT2D eigenvalue weighted by molar-refractivity contribution is 7.91. The van der Waals surface area contributed by atoms with Gasteiger partial charge in [-0.1, -0.05) is 23.7 Å². The van der Waals surface area contributed by atoms with Crippen molar-refractivity contribution < 1.29 is 22.3 Å². The summed E-state index contributed by atoms with van der Waals surface area (Å²) in [6.07, 6.45) is 1.30. The molecule has 0 spiro atoms. The molecule has 4 rings (SSSR count). The first-order chi connectivity index (χ1) is 15.7. The highest BCUT2D eigenvalue weighted by atomic mass is 35.5. The Bertz CT molecular complexity index is 1500. The number of sulfone groups is 1. The molecule has 0 saturated heterocycles. The maximum atomic E-state index is 13.4. The summed E-state index contributed by atoms with van der Waals surface area (Å²) in [6, 6.07) is 14.5. The van der Waals surface area contributed by atoms with Crippen molar-refractivity contribution in [2.75, 3.05) is 14.2 Å². The highest BCUT2D eigenvalue weighted by Crippen LogP contribution is 2.32. The van der Waals surface area contributed by atoms with Crippen LogP contribution >= 0.6 is 11.6 Å². The van der Waals surface area contributed by atoms with Gasteiger partial charge in [-0.25, -0.2) is 12.8 Å². The van der Waals surface area contributed by atoms with Crippen molar-refractivity contribution >= 4 is 32.3 Å². The molecule has 0 fully saturated rings. The topological polar surface area (TPSA) is 74.6 Å². The first-order valence-corrected chi connectivity index (χ1v) is 11.6. The number of nitrogens with zero attached hydrogens (tertiary/aromatic N) is 1. The number of rotatable bonds is 6. The molecule has 9 heteroatoms. The van der Waals surface area contributed by atoms with E-state index in [1.54, 1.807) is 34.9 Å². The fourth-order valence-electron chi connectivity index (χ4n) is 3.54. The molecule has 0 N–H and O–H groups in total. The number of ether oxygens (including phenoxy) is 2. The molecule has 170 valence electrons. The molecule has 3 aromatic carbocycles. The summed E-state index contributed by atoms with van der Waals surface area (Å²) in [4.78, 5) is 12.7. The van der Waals surface area contributed by atoms with E-state index in [-0.39, 0.29) is 22.6 Å². The molecular formula is C24H19ClFNO5S. The lowest BCUT2D eigenvalue weighted by Gasteiger charge is -2.16. The van der Waals surface area contributed by atoms with Gasteiger partial charge in [-0.15, -0.1) is 0 Å². The third kappa shape index (κ3) is 4.31. The fourth-order valence-corrected chi connectivity index (χ4v) is 5.03. The minimum absolute atomic E-state index is 0.143. The predicted molar refractivity (Wildman–Crippen MR) is 124 cm³/mol. The van der Waals surface area contributed by atoms with Gasteiger partial charge in [0.2, 0.25) is 15.3 Å². The van der Waals surface area contributed by atoms with E-state index in [1.807, 2.05) is 0 Å². The average molecular weight is 488 g/mol. The van der Waals surface area contributed by atoms with Crippen LogP contribution in [0.3, 0.4) is 0 Å². The SMILES string of the molecule is COc1cc2c(=O)c(S(=O)(=O)c3ccc(F)cc3)cn(Cc3ccc(Cl)cc3)c2cc1OC. The van der Waals surface area contributed by atoms with Crippen LogP contribution in [0.25, 0.3) is 10.9 Å². The standard InChI is InChI=1S/C24H19ClFNO5S/c1-31-21-11-19-20(12-22(21)32-2)27(13-15-3-5-16(25)6-4-15)14-23(24(19)28)33(29,30)18-9-7-17(26)8-10-18/h3-12,14H,13H2,1-2H3.